The molecule has 2 heterocycles. The van der Waals surface area contributed by atoms with Gasteiger partial charge in [0.2, 0.25) is 0 Å². The fraction of sp³-hybridized carbons (Fsp3) is 0. The van der Waals surface area contributed by atoms with Crippen molar-refractivity contribution < 1.29 is 0 Å². The van der Waals surface area contributed by atoms with Crippen molar-refractivity contribution in [3.63, 3.8) is 0 Å². The number of fused-ring (bicyclic) bond motifs is 2. The van der Waals surface area contributed by atoms with Crippen LogP contribution in [0.25, 0.3) is 34.2 Å². The summed E-state index contributed by atoms with van der Waals surface area (Å²) in [7, 11) is 0. The first-order chi connectivity index (χ1) is 10.7. The Labute approximate surface area is 125 Å². The number of nitrogen functional groups attached to an aromatic ring is 2. The van der Waals surface area contributed by atoms with Gasteiger partial charge in [-0.1, -0.05) is 0 Å². The highest BCUT2D eigenvalue weighted by atomic mass is 14.9. The van der Waals surface area contributed by atoms with Crippen molar-refractivity contribution in [2.75, 3.05) is 11.5 Å². The molecule has 0 saturated carbocycles. The lowest BCUT2D eigenvalue weighted by atomic mass is 10.3. The van der Waals surface area contributed by atoms with Gasteiger partial charge in [-0.3, -0.25) is 0 Å². The number of benzene rings is 2. The van der Waals surface area contributed by atoms with E-state index in [0.29, 0.717) is 11.4 Å². The van der Waals surface area contributed by atoms with Gasteiger partial charge in [0.1, 0.15) is 11.6 Å². The summed E-state index contributed by atoms with van der Waals surface area (Å²) in [6.45, 7) is 0. The lowest BCUT2D eigenvalue weighted by Gasteiger charge is -1.89. The molecule has 22 heavy (non-hydrogen) atoms. The molecule has 0 atom stereocenters. The summed E-state index contributed by atoms with van der Waals surface area (Å²) in [4.78, 5) is 15.4. The van der Waals surface area contributed by atoms with Crippen molar-refractivity contribution >= 4 is 45.6 Å². The SMILES string of the molecule is Nc1ccc2nc(C=Cc3nc4ccc(N)cc4[nH]3)[nH]c2c1. The highest BCUT2D eigenvalue weighted by Gasteiger charge is 2.02. The van der Waals surface area contributed by atoms with Crippen molar-refractivity contribution in [1.29, 1.82) is 0 Å². The van der Waals surface area contributed by atoms with Crippen LogP contribution >= 0.6 is 0 Å². The second-order valence-corrected chi connectivity index (χ2v) is 5.13. The predicted molar refractivity (Wildman–Crippen MR) is 89.9 cm³/mol. The van der Waals surface area contributed by atoms with E-state index in [0.717, 1.165) is 33.7 Å². The molecule has 2 aromatic carbocycles. The largest absolute Gasteiger partial charge is 0.399 e. The van der Waals surface area contributed by atoms with Crippen LogP contribution < -0.4 is 11.5 Å². The number of imidazole rings is 2. The van der Waals surface area contributed by atoms with Crippen LogP contribution in [0.5, 0.6) is 0 Å². The Balaban J connectivity index is 1.68. The van der Waals surface area contributed by atoms with E-state index in [9.17, 15) is 0 Å². The van der Waals surface area contributed by atoms with Gasteiger partial charge in [-0.05, 0) is 48.6 Å². The van der Waals surface area contributed by atoms with E-state index in [1.165, 1.54) is 0 Å². The quantitative estimate of drug-likeness (QED) is 0.425. The molecule has 6 heteroatoms. The zero-order valence-corrected chi connectivity index (χ0v) is 11.7. The van der Waals surface area contributed by atoms with Crippen LogP contribution in [0.15, 0.2) is 36.4 Å². The van der Waals surface area contributed by atoms with Crippen molar-refractivity contribution in [3.05, 3.63) is 48.0 Å². The van der Waals surface area contributed by atoms with E-state index in [2.05, 4.69) is 19.9 Å². The molecule has 0 spiro atoms. The van der Waals surface area contributed by atoms with Gasteiger partial charge in [0, 0.05) is 11.4 Å². The predicted octanol–water partition coefficient (Wildman–Crippen LogP) is 2.77. The molecular weight excluding hydrogens is 276 g/mol. The van der Waals surface area contributed by atoms with Crippen molar-refractivity contribution in [2.45, 2.75) is 0 Å². The number of aromatic nitrogens is 4. The Kier molecular flexibility index (Phi) is 2.62. The Morgan fingerprint density at radius 1 is 0.727 bits per heavy atom. The van der Waals surface area contributed by atoms with Crippen molar-refractivity contribution in [2.24, 2.45) is 0 Å². The van der Waals surface area contributed by atoms with E-state index in [1.807, 2.05) is 48.6 Å². The minimum atomic E-state index is 0.710. The zero-order chi connectivity index (χ0) is 15.1. The lowest BCUT2D eigenvalue weighted by molar-refractivity contribution is 1.27. The smallest absolute Gasteiger partial charge is 0.131 e. The Morgan fingerprint density at radius 2 is 1.18 bits per heavy atom. The second-order valence-electron chi connectivity index (χ2n) is 5.13. The lowest BCUT2D eigenvalue weighted by Crippen LogP contribution is -1.82. The van der Waals surface area contributed by atoms with Gasteiger partial charge in [-0.15, -0.1) is 0 Å². The third-order valence-electron chi connectivity index (χ3n) is 3.45. The minimum absolute atomic E-state index is 0.710. The first kappa shape index (κ1) is 12.5. The average Bonchev–Trinajstić information content (AvgIpc) is 3.07. The van der Waals surface area contributed by atoms with Crippen molar-refractivity contribution in [1.82, 2.24) is 19.9 Å². The van der Waals surface area contributed by atoms with Crippen LogP contribution in [-0.4, -0.2) is 19.9 Å². The second kappa shape index (κ2) is 4.63. The van der Waals surface area contributed by atoms with E-state index < -0.39 is 0 Å². The molecule has 0 bridgehead atoms. The fourth-order valence-electron chi connectivity index (χ4n) is 2.41. The van der Waals surface area contributed by atoms with Crippen LogP contribution in [0.2, 0.25) is 0 Å². The van der Waals surface area contributed by atoms with Gasteiger partial charge in [0.05, 0.1) is 22.1 Å². The molecule has 6 nitrogen and oxygen atoms in total. The summed E-state index contributed by atoms with van der Waals surface area (Å²) in [5.74, 6) is 1.50. The molecule has 0 fully saturated rings. The molecule has 0 aliphatic heterocycles. The van der Waals surface area contributed by atoms with E-state index in [-0.39, 0.29) is 0 Å². The van der Waals surface area contributed by atoms with Gasteiger partial charge in [0.25, 0.3) is 0 Å². The summed E-state index contributed by atoms with van der Waals surface area (Å²) < 4.78 is 0. The number of nitrogens with one attached hydrogen (secondary N) is 2. The maximum Gasteiger partial charge on any atom is 0.131 e. The number of anilines is 2. The Hall–Kier alpha value is -3.28. The van der Waals surface area contributed by atoms with Crippen LogP contribution in [-0.2, 0) is 0 Å². The number of rotatable bonds is 2. The summed E-state index contributed by atoms with van der Waals surface area (Å²) in [6.07, 6.45) is 3.74. The number of nitrogens with two attached hydrogens (primary N) is 2. The van der Waals surface area contributed by atoms with Crippen LogP contribution in [0.3, 0.4) is 0 Å². The van der Waals surface area contributed by atoms with Gasteiger partial charge >= 0.3 is 0 Å². The van der Waals surface area contributed by atoms with E-state index in [4.69, 9.17) is 11.5 Å². The van der Waals surface area contributed by atoms with Crippen LogP contribution in [0.4, 0.5) is 11.4 Å². The topological polar surface area (TPSA) is 109 Å². The minimum Gasteiger partial charge on any atom is -0.399 e. The number of aromatic amines is 2. The number of H-pyrrole nitrogens is 2. The highest BCUT2D eigenvalue weighted by Crippen LogP contribution is 2.18. The Morgan fingerprint density at radius 3 is 1.64 bits per heavy atom. The number of hydrogen-bond acceptors (Lipinski definition) is 4. The van der Waals surface area contributed by atoms with Crippen molar-refractivity contribution in [3.8, 4) is 0 Å². The molecule has 6 N–H and O–H groups in total. The van der Waals surface area contributed by atoms with Gasteiger partial charge < -0.3 is 21.4 Å². The summed E-state index contributed by atoms with van der Waals surface area (Å²) >= 11 is 0. The monoisotopic (exact) mass is 290 g/mol. The zero-order valence-electron chi connectivity index (χ0n) is 11.7. The average molecular weight is 290 g/mol. The summed E-state index contributed by atoms with van der Waals surface area (Å²) in [6, 6.07) is 11.2. The first-order valence-electron chi connectivity index (χ1n) is 6.86. The summed E-state index contributed by atoms with van der Waals surface area (Å²) in [5.41, 5.74) is 16.5. The molecule has 4 aromatic rings. The molecular formula is C16H14N6. The normalized spacial score (nSPS) is 11.8. The molecule has 0 aliphatic carbocycles. The fourth-order valence-corrected chi connectivity index (χ4v) is 2.41. The number of nitrogens with zero attached hydrogens (tertiary/aromatic N) is 2. The van der Waals surface area contributed by atoms with E-state index in [1.54, 1.807) is 0 Å². The van der Waals surface area contributed by atoms with Crippen LogP contribution in [0.1, 0.15) is 11.6 Å². The molecule has 0 unspecified atom stereocenters. The van der Waals surface area contributed by atoms with Gasteiger partial charge in [-0.25, -0.2) is 9.97 Å². The van der Waals surface area contributed by atoms with Gasteiger partial charge in [-0.2, -0.15) is 0 Å². The molecule has 108 valence electrons. The van der Waals surface area contributed by atoms with Gasteiger partial charge in [0.15, 0.2) is 0 Å². The number of hydrogen-bond donors (Lipinski definition) is 4. The Bertz CT molecular complexity index is 926. The summed E-state index contributed by atoms with van der Waals surface area (Å²) in [5, 5.41) is 0. The molecule has 0 radical (unpaired) electrons. The molecule has 0 amide bonds. The maximum absolute atomic E-state index is 5.76. The highest BCUT2D eigenvalue weighted by molar-refractivity contribution is 5.83. The third kappa shape index (κ3) is 2.16. The molecule has 4 rings (SSSR count). The third-order valence-corrected chi connectivity index (χ3v) is 3.45. The standard InChI is InChI=1S/C16H14N6/c17-9-1-3-11-13(7-9)21-15(19-11)5-6-16-20-12-4-2-10(18)8-14(12)22-16/h1-8H,17-18H2,(H,19,21)(H,20,22). The van der Waals surface area contributed by atoms with Crippen LogP contribution in [0, 0.1) is 0 Å². The molecule has 2 aromatic heterocycles. The molecule has 0 saturated heterocycles. The first-order valence-corrected chi connectivity index (χ1v) is 6.86. The van der Waals surface area contributed by atoms with E-state index >= 15 is 0 Å². The maximum atomic E-state index is 5.76. The molecule has 0 aliphatic rings.